The summed E-state index contributed by atoms with van der Waals surface area (Å²) in [4.78, 5) is 11.3. The van der Waals surface area contributed by atoms with E-state index in [1.807, 2.05) is 19.1 Å². The molecule has 0 spiro atoms. The molecule has 2 rings (SSSR count). The number of hydrogen-bond acceptors (Lipinski definition) is 4. The Morgan fingerprint density at radius 3 is 2.74 bits per heavy atom. The third kappa shape index (κ3) is 2.80. The zero-order valence-electron chi connectivity index (χ0n) is 10.6. The number of methoxy groups -OCH3 is 1. The largest absolute Gasteiger partial charge is 0.463 e. The van der Waals surface area contributed by atoms with Crippen LogP contribution in [0.25, 0.3) is 0 Å². The Bertz CT molecular complexity index is 606. The topological polar surface area (TPSA) is 65.5 Å². The number of carbonyl (C=O) groups excluding carboxylic acids is 1. The number of ether oxygens (including phenoxy) is 1. The van der Waals surface area contributed by atoms with E-state index in [-0.39, 0.29) is 5.76 Å². The van der Waals surface area contributed by atoms with Gasteiger partial charge in [0.25, 0.3) is 0 Å². The second-order valence-corrected chi connectivity index (χ2v) is 4.59. The van der Waals surface area contributed by atoms with Crippen molar-refractivity contribution < 1.29 is 13.9 Å². The number of carbonyl (C=O) groups is 1. The van der Waals surface area contributed by atoms with E-state index in [1.165, 1.54) is 13.2 Å². The molecule has 0 bridgehead atoms. The average molecular weight is 280 g/mol. The molecule has 0 radical (unpaired) electrons. The summed E-state index contributed by atoms with van der Waals surface area (Å²) in [6.45, 7) is 1.92. The van der Waals surface area contributed by atoms with Crippen molar-refractivity contribution in [2.24, 2.45) is 5.73 Å². The highest BCUT2D eigenvalue weighted by atomic mass is 35.5. The van der Waals surface area contributed by atoms with Crippen molar-refractivity contribution in [3.63, 3.8) is 0 Å². The van der Waals surface area contributed by atoms with Crippen molar-refractivity contribution in [1.29, 1.82) is 0 Å². The normalized spacial score (nSPS) is 12.2. The van der Waals surface area contributed by atoms with Gasteiger partial charge in [0.15, 0.2) is 0 Å². The molecule has 1 unspecified atom stereocenters. The molecule has 0 saturated carbocycles. The fourth-order valence-electron chi connectivity index (χ4n) is 1.70. The number of esters is 1. The van der Waals surface area contributed by atoms with E-state index < -0.39 is 12.0 Å². The zero-order chi connectivity index (χ0) is 14.0. The summed E-state index contributed by atoms with van der Waals surface area (Å²) in [6, 6.07) is 8.29. The number of benzene rings is 1. The number of halogens is 1. The molecule has 0 fully saturated rings. The quantitative estimate of drug-likeness (QED) is 0.877. The lowest BCUT2D eigenvalue weighted by atomic mass is 10.0. The third-order valence-electron chi connectivity index (χ3n) is 2.87. The molecule has 1 heterocycles. The van der Waals surface area contributed by atoms with Gasteiger partial charge in [-0.25, -0.2) is 4.79 Å². The summed E-state index contributed by atoms with van der Waals surface area (Å²) in [5, 5.41) is 0.646. The predicted octanol–water partition coefficient (Wildman–Crippen LogP) is 3.08. The molecule has 0 amide bonds. The van der Waals surface area contributed by atoms with Gasteiger partial charge in [0.05, 0.1) is 13.2 Å². The minimum Gasteiger partial charge on any atom is -0.463 e. The lowest BCUT2D eigenvalue weighted by Gasteiger charge is -2.10. The van der Waals surface area contributed by atoms with Crippen LogP contribution in [0.15, 0.2) is 34.7 Å². The maximum atomic E-state index is 11.3. The van der Waals surface area contributed by atoms with Gasteiger partial charge in [0, 0.05) is 5.02 Å². The molecule has 1 atom stereocenters. The lowest BCUT2D eigenvalue weighted by molar-refractivity contribution is 0.0562. The number of aryl methyl sites for hydroxylation is 1. The highest BCUT2D eigenvalue weighted by Crippen LogP contribution is 2.25. The second kappa shape index (κ2) is 5.47. The van der Waals surface area contributed by atoms with Gasteiger partial charge < -0.3 is 14.9 Å². The Kier molecular flexibility index (Phi) is 3.93. The molecule has 5 heteroatoms. The van der Waals surface area contributed by atoms with Crippen LogP contribution < -0.4 is 5.73 Å². The third-order valence-corrected chi connectivity index (χ3v) is 3.28. The van der Waals surface area contributed by atoms with Crippen molar-refractivity contribution >= 4 is 17.6 Å². The predicted molar refractivity (Wildman–Crippen MR) is 72.3 cm³/mol. The van der Waals surface area contributed by atoms with Gasteiger partial charge in [-0.1, -0.05) is 23.7 Å². The Morgan fingerprint density at radius 2 is 2.11 bits per heavy atom. The molecule has 0 aliphatic carbocycles. The van der Waals surface area contributed by atoms with Crippen LogP contribution in [0.5, 0.6) is 0 Å². The molecular formula is C14H14ClNO3. The van der Waals surface area contributed by atoms with E-state index in [4.69, 9.17) is 21.8 Å². The number of nitrogens with two attached hydrogens (primary N) is 1. The van der Waals surface area contributed by atoms with Gasteiger partial charge in [0.2, 0.25) is 5.76 Å². The van der Waals surface area contributed by atoms with E-state index >= 15 is 0 Å². The van der Waals surface area contributed by atoms with Crippen molar-refractivity contribution in [3.8, 4) is 0 Å². The minimum absolute atomic E-state index is 0.131. The highest BCUT2D eigenvalue weighted by molar-refractivity contribution is 6.31. The highest BCUT2D eigenvalue weighted by Gasteiger charge is 2.17. The molecule has 0 aliphatic heterocycles. The summed E-state index contributed by atoms with van der Waals surface area (Å²) in [5.74, 6) is 0.0897. The van der Waals surface area contributed by atoms with E-state index in [9.17, 15) is 4.79 Å². The Hall–Kier alpha value is -1.78. The van der Waals surface area contributed by atoms with Gasteiger partial charge in [0.1, 0.15) is 5.76 Å². The van der Waals surface area contributed by atoms with Gasteiger partial charge in [-0.2, -0.15) is 0 Å². The monoisotopic (exact) mass is 279 g/mol. The van der Waals surface area contributed by atoms with Crippen molar-refractivity contribution in [2.75, 3.05) is 7.11 Å². The van der Waals surface area contributed by atoms with Crippen LogP contribution >= 0.6 is 11.6 Å². The van der Waals surface area contributed by atoms with E-state index in [2.05, 4.69) is 4.74 Å². The molecule has 100 valence electrons. The van der Waals surface area contributed by atoms with Crippen LogP contribution in [-0.4, -0.2) is 13.1 Å². The molecule has 4 nitrogen and oxygen atoms in total. The van der Waals surface area contributed by atoms with E-state index in [0.717, 1.165) is 11.1 Å². The molecule has 2 N–H and O–H groups in total. The standard InChI is InChI=1S/C14H14ClNO3/c1-8-3-4-9(7-10(8)15)13(16)11-5-6-12(19-11)14(17)18-2/h3-7,13H,16H2,1-2H3. The fourth-order valence-corrected chi connectivity index (χ4v) is 1.89. The SMILES string of the molecule is COC(=O)c1ccc(C(N)c2ccc(C)c(Cl)c2)o1. The van der Waals surface area contributed by atoms with Crippen LogP contribution in [0.1, 0.15) is 33.5 Å². The summed E-state index contributed by atoms with van der Waals surface area (Å²) in [7, 11) is 1.30. The molecule has 1 aromatic carbocycles. The van der Waals surface area contributed by atoms with Gasteiger partial charge >= 0.3 is 5.97 Å². The summed E-state index contributed by atoms with van der Waals surface area (Å²) < 4.78 is 9.96. The lowest BCUT2D eigenvalue weighted by Crippen LogP contribution is -2.11. The second-order valence-electron chi connectivity index (χ2n) is 4.18. The molecule has 2 aromatic rings. The maximum Gasteiger partial charge on any atom is 0.373 e. The maximum absolute atomic E-state index is 11.3. The average Bonchev–Trinajstić information content (AvgIpc) is 2.89. The summed E-state index contributed by atoms with van der Waals surface area (Å²) in [5.41, 5.74) is 7.89. The zero-order valence-corrected chi connectivity index (χ0v) is 11.4. The van der Waals surface area contributed by atoms with Crippen LogP contribution in [-0.2, 0) is 4.74 Å². The van der Waals surface area contributed by atoms with Gasteiger partial charge in [-0.3, -0.25) is 0 Å². The van der Waals surface area contributed by atoms with Crippen molar-refractivity contribution in [2.45, 2.75) is 13.0 Å². The van der Waals surface area contributed by atoms with Crippen molar-refractivity contribution in [3.05, 3.63) is 58.0 Å². The van der Waals surface area contributed by atoms with Crippen LogP contribution in [0, 0.1) is 6.92 Å². The Labute approximate surface area is 116 Å². The van der Waals surface area contributed by atoms with Crippen LogP contribution in [0.3, 0.4) is 0 Å². The molecular weight excluding hydrogens is 266 g/mol. The van der Waals surface area contributed by atoms with E-state index in [1.54, 1.807) is 12.1 Å². The first-order chi connectivity index (χ1) is 9.02. The Balaban J connectivity index is 2.28. The molecule has 0 saturated heterocycles. The van der Waals surface area contributed by atoms with Crippen molar-refractivity contribution in [1.82, 2.24) is 0 Å². The smallest absolute Gasteiger partial charge is 0.373 e. The number of furan rings is 1. The number of hydrogen-bond donors (Lipinski definition) is 1. The summed E-state index contributed by atoms with van der Waals surface area (Å²) >= 11 is 6.06. The molecule has 0 aliphatic rings. The molecule has 1 aromatic heterocycles. The number of rotatable bonds is 3. The van der Waals surface area contributed by atoms with Crippen LogP contribution in [0.4, 0.5) is 0 Å². The van der Waals surface area contributed by atoms with E-state index in [0.29, 0.717) is 10.8 Å². The molecule has 19 heavy (non-hydrogen) atoms. The minimum atomic E-state index is -0.527. The van der Waals surface area contributed by atoms with Gasteiger partial charge in [-0.05, 0) is 36.2 Å². The first-order valence-corrected chi connectivity index (χ1v) is 6.10. The Morgan fingerprint density at radius 1 is 1.37 bits per heavy atom. The van der Waals surface area contributed by atoms with Gasteiger partial charge in [-0.15, -0.1) is 0 Å². The first-order valence-electron chi connectivity index (χ1n) is 5.72. The summed E-state index contributed by atoms with van der Waals surface area (Å²) in [6.07, 6.45) is 0. The van der Waals surface area contributed by atoms with Crippen LogP contribution in [0.2, 0.25) is 5.02 Å². The fraction of sp³-hybridized carbons (Fsp3) is 0.214. The first kappa shape index (κ1) is 13.6.